The summed E-state index contributed by atoms with van der Waals surface area (Å²) in [7, 11) is -4.06. The van der Waals surface area contributed by atoms with Crippen molar-refractivity contribution >= 4 is 21.5 Å². The van der Waals surface area contributed by atoms with E-state index in [4.69, 9.17) is 5.73 Å². The Morgan fingerprint density at radius 3 is 2.76 bits per heavy atom. The van der Waals surface area contributed by atoms with E-state index in [1.165, 1.54) is 18.4 Å². The monoisotopic (exact) mass is 257 g/mol. The van der Waals surface area contributed by atoms with E-state index in [-0.39, 0.29) is 11.5 Å². The SMILES string of the molecule is Nc1ccc(F)c(S(=O)(=O)Nc2ccon2)c1. The Kier molecular flexibility index (Phi) is 2.72. The molecule has 2 rings (SSSR count). The van der Waals surface area contributed by atoms with Crippen LogP contribution >= 0.6 is 0 Å². The summed E-state index contributed by atoms with van der Waals surface area (Å²) in [5, 5.41) is 3.36. The van der Waals surface area contributed by atoms with Gasteiger partial charge in [-0.05, 0) is 18.2 Å². The molecule has 90 valence electrons. The number of halogens is 1. The molecule has 0 radical (unpaired) electrons. The predicted molar refractivity (Wildman–Crippen MR) is 58.1 cm³/mol. The lowest BCUT2D eigenvalue weighted by Crippen LogP contribution is -2.15. The number of sulfonamides is 1. The summed E-state index contributed by atoms with van der Waals surface area (Å²) in [4.78, 5) is -0.541. The normalized spacial score (nSPS) is 11.4. The molecule has 0 fully saturated rings. The first kappa shape index (κ1) is 11.4. The molecular weight excluding hydrogens is 249 g/mol. The number of nitrogen functional groups attached to an aromatic ring is 1. The lowest BCUT2D eigenvalue weighted by atomic mass is 10.3. The lowest BCUT2D eigenvalue weighted by molar-refractivity contribution is 0.423. The number of aromatic nitrogens is 1. The summed E-state index contributed by atoms with van der Waals surface area (Å²) in [5.74, 6) is -0.929. The van der Waals surface area contributed by atoms with Crippen LogP contribution in [-0.4, -0.2) is 13.6 Å². The minimum atomic E-state index is -4.06. The van der Waals surface area contributed by atoms with Gasteiger partial charge in [0.15, 0.2) is 5.82 Å². The van der Waals surface area contributed by atoms with Crippen LogP contribution in [0.2, 0.25) is 0 Å². The third kappa shape index (κ3) is 2.36. The van der Waals surface area contributed by atoms with Crippen molar-refractivity contribution in [2.24, 2.45) is 0 Å². The summed E-state index contributed by atoms with van der Waals surface area (Å²) in [6.45, 7) is 0. The number of nitrogens with zero attached hydrogens (tertiary/aromatic N) is 1. The van der Waals surface area contributed by atoms with Crippen LogP contribution in [0.3, 0.4) is 0 Å². The van der Waals surface area contributed by atoms with E-state index in [1.807, 2.05) is 0 Å². The minimum Gasteiger partial charge on any atom is -0.399 e. The van der Waals surface area contributed by atoms with Crippen molar-refractivity contribution < 1.29 is 17.3 Å². The highest BCUT2D eigenvalue weighted by atomic mass is 32.2. The zero-order chi connectivity index (χ0) is 12.5. The maximum Gasteiger partial charge on any atom is 0.266 e. The first-order valence-corrected chi connectivity index (χ1v) is 5.95. The minimum absolute atomic E-state index is 0.0353. The van der Waals surface area contributed by atoms with Crippen LogP contribution in [0.5, 0.6) is 0 Å². The molecule has 0 saturated carbocycles. The third-order valence-corrected chi connectivity index (χ3v) is 3.29. The third-order valence-electron chi connectivity index (χ3n) is 1.92. The van der Waals surface area contributed by atoms with E-state index in [9.17, 15) is 12.8 Å². The average Bonchev–Trinajstić information content (AvgIpc) is 2.73. The van der Waals surface area contributed by atoms with Crippen molar-refractivity contribution in [3.63, 3.8) is 0 Å². The van der Waals surface area contributed by atoms with Crippen molar-refractivity contribution in [2.75, 3.05) is 10.5 Å². The number of anilines is 2. The van der Waals surface area contributed by atoms with Gasteiger partial charge in [0.2, 0.25) is 0 Å². The Morgan fingerprint density at radius 1 is 1.35 bits per heavy atom. The average molecular weight is 257 g/mol. The standard InChI is InChI=1S/C9H8FN3O3S/c10-7-2-1-6(11)5-8(7)17(14,15)13-9-3-4-16-12-9/h1-5H,11H2,(H,12,13). The molecule has 1 aromatic heterocycles. The lowest BCUT2D eigenvalue weighted by Gasteiger charge is -2.06. The number of rotatable bonds is 3. The van der Waals surface area contributed by atoms with Gasteiger partial charge >= 0.3 is 0 Å². The quantitative estimate of drug-likeness (QED) is 0.805. The van der Waals surface area contributed by atoms with Gasteiger partial charge in [0.1, 0.15) is 17.0 Å². The highest BCUT2D eigenvalue weighted by Crippen LogP contribution is 2.20. The maximum atomic E-state index is 13.4. The Morgan fingerprint density at radius 2 is 2.12 bits per heavy atom. The first-order valence-electron chi connectivity index (χ1n) is 4.47. The van der Waals surface area contributed by atoms with Crippen molar-refractivity contribution in [3.05, 3.63) is 36.3 Å². The highest BCUT2D eigenvalue weighted by molar-refractivity contribution is 7.92. The van der Waals surface area contributed by atoms with Gasteiger partial charge < -0.3 is 10.3 Å². The molecule has 1 aromatic carbocycles. The fourth-order valence-corrected chi connectivity index (χ4v) is 2.29. The molecule has 0 atom stereocenters. The van der Waals surface area contributed by atoms with Crippen molar-refractivity contribution in [1.82, 2.24) is 5.16 Å². The molecule has 0 aliphatic heterocycles. The molecule has 2 aromatic rings. The Balaban J connectivity index is 2.41. The van der Waals surface area contributed by atoms with Crippen LogP contribution in [0.1, 0.15) is 0 Å². The summed E-state index contributed by atoms with van der Waals surface area (Å²) >= 11 is 0. The summed E-state index contributed by atoms with van der Waals surface area (Å²) < 4.78 is 43.5. The highest BCUT2D eigenvalue weighted by Gasteiger charge is 2.20. The topological polar surface area (TPSA) is 98.2 Å². The van der Waals surface area contributed by atoms with Crippen LogP contribution in [-0.2, 0) is 10.0 Å². The molecule has 1 heterocycles. The van der Waals surface area contributed by atoms with Crippen molar-refractivity contribution in [1.29, 1.82) is 0 Å². The van der Waals surface area contributed by atoms with Gasteiger partial charge in [-0.15, -0.1) is 0 Å². The fraction of sp³-hybridized carbons (Fsp3) is 0. The van der Waals surface area contributed by atoms with Crippen LogP contribution < -0.4 is 10.5 Å². The zero-order valence-corrected chi connectivity index (χ0v) is 9.24. The smallest absolute Gasteiger partial charge is 0.266 e. The van der Waals surface area contributed by atoms with E-state index < -0.39 is 20.7 Å². The van der Waals surface area contributed by atoms with E-state index in [0.717, 1.165) is 12.1 Å². The summed E-state index contributed by atoms with van der Waals surface area (Å²) in [6.07, 6.45) is 1.19. The number of nitrogens with one attached hydrogen (secondary N) is 1. The zero-order valence-electron chi connectivity index (χ0n) is 8.42. The molecule has 0 amide bonds. The van der Waals surface area contributed by atoms with E-state index in [0.29, 0.717) is 0 Å². The van der Waals surface area contributed by atoms with Gasteiger partial charge in [-0.2, -0.15) is 0 Å². The van der Waals surface area contributed by atoms with Gasteiger partial charge in [-0.25, -0.2) is 12.8 Å². The first-order chi connectivity index (χ1) is 7.99. The van der Waals surface area contributed by atoms with Gasteiger partial charge in [0.05, 0.1) is 0 Å². The second-order valence-corrected chi connectivity index (χ2v) is 4.83. The largest absolute Gasteiger partial charge is 0.399 e. The van der Waals surface area contributed by atoms with Gasteiger partial charge in [-0.3, -0.25) is 4.72 Å². The van der Waals surface area contributed by atoms with Crippen molar-refractivity contribution in [2.45, 2.75) is 4.90 Å². The van der Waals surface area contributed by atoms with Crippen LogP contribution in [0, 0.1) is 5.82 Å². The predicted octanol–water partition coefficient (Wildman–Crippen LogP) is 1.20. The Labute approximate surface area is 96.3 Å². The van der Waals surface area contributed by atoms with Crippen molar-refractivity contribution in [3.8, 4) is 0 Å². The fourth-order valence-electron chi connectivity index (χ4n) is 1.18. The molecular formula is C9H8FN3O3S. The molecule has 17 heavy (non-hydrogen) atoms. The van der Waals surface area contributed by atoms with Gasteiger partial charge in [-0.1, -0.05) is 5.16 Å². The second-order valence-electron chi connectivity index (χ2n) is 3.18. The second kappa shape index (κ2) is 4.06. The van der Waals surface area contributed by atoms with E-state index >= 15 is 0 Å². The Bertz CT molecular complexity index is 625. The number of hydrogen-bond acceptors (Lipinski definition) is 5. The Hall–Kier alpha value is -2.09. The molecule has 8 heteroatoms. The molecule has 0 bridgehead atoms. The van der Waals surface area contributed by atoms with E-state index in [2.05, 4.69) is 14.4 Å². The molecule has 0 aliphatic rings. The van der Waals surface area contributed by atoms with Gasteiger partial charge in [0.25, 0.3) is 10.0 Å². The maximum absolute atomic E-state index is 13.4. The molecule has 0 saturated heterocycles. The molecule has 0 aliphatic carbocycles. The van der Waals surface area contributed by atoms with Crippen LogP contribution in [0.25, 0.3) is 0 Å². The summed E-state index contributed by atoms with van der Waals surface area (Å²) in [5.41, 5.74) is 5.55. The molecule has 3 N–H and O–H groups in total. The summed E-state index contributed by atoms with van der Waals surface area (Å²) in [6, 6.07) is 4.57. The molecule has 0 unspecified atom stereocenters. The number of benzene rings is 1. The number of hydrogen-bond donors (Lipinski definition) is 2. The van der Waals surface area contributed by atoms with E-state index in [1.54, 1.807) is 0 Å². The van der Waals surface area contributed by atoms with Crippen LogP contribution in [0.4, 0.5) is 15.9 Å². The van der Waals surface area contributed by atoms with Crippen LogP contribution in [0.15, 0.2) is 39.9 Å². The van der Waals surface area contributed by atoms with Gasteiger partial charge in [0, 0.05) is 11.8 Å². The molecule has 0 spiro atoms. The molecule has 6 nitrogen and oxygen atoms in total. The number of nitrogens with two attached hydrogens (primary N) is 1.